The van der Waals surface area contributed by atoms with Gasteiger partial charge in [-0.1, -0.05) is 24.3 Å². The van der Waals surface area contributed by atoms with Crippen molar-refractivity contribution in [3.63, 3.8) is 0 Å². The molecule has 29 heavy (non-hydrogen) atoms. The van der Waals surface area contributed by atoms with Crippen molar-refractivity contribution in [1.82, 2.24) is 9.88 Å². The van der Waals surface area contributed by atoms with Crippen molar-refractivity contribution in [1.29, 1.82) is 0 Å². The van der Waals surface area contributed by atoms with Gasteiger partial charge in [0.05, 0.1) is 17.0 Å². The molecule has 4 aromatic rings. The Hall–Kier alpha value is -3.80. The molecule has 1 amide bonds. The molecule has 0 radical (unpaired) electrons. The van der Waals surface area contributed by atoms with Crippen LogP contribution in [0.1, 0.15) is 33.3 Å². The summed E-state index contributed by atoms with van der Waals surface area (Å²) in [4.78, 5) is 32.1. The Bertz CT molecular complexity index is 1280. The highest BCUT2D eigenvalue weighted by Crippen LogP contribution is 2.39. The van der Waals surface area contributed by atoms with Gasteiger partial charge >= 0.3 is 0 Å². The van der Waals surface area contributed by atoms with E-state index in [1.807, 2.05) is 12.1 Å². The number of carbonyl (C=O) groups is 1. The van der Waals surface area contributed by atoms with Gasteiger partial charge in [-0.2, -0.15) is 0 Å². The normalized spacial score (nSPS) is 15.7. The van der Waals surface area contributed by atoms with E-state index in [1.165, 1.54) is 12.1 Å². The first-order valence-electron chi connectivity index (χ1n) is 9.14. The summed E-state index contributed by atoms with van der Waals surface area (Å²) >= 11 is 0. The smallest absolute Gasteiger partial charge is 0.291 e. The molecule has 1 aliphatic heterocycles. The van der Waals surface area contributed by atoms with Gasteiger partial charge in [-0.05, 0) is 47.5 Å². The molecule has 5 rings (SSSR count). The molecule has 5 nitrogen and oxygen atoms in total. The highest BCUT2D eigenvalue weighted by atomic mass is 19.1. The summed E-state index contributed by atoms with van der Waals surface area (Å²) in [6.07, 6.45) is 3.29. The van der Waals surface area contributed by atoms with E-state index in [1.54, 1.807) is 53.7 Å². The number of nitrogens with zero attached hydrogens (tertiary/aromatic N) is 2. The first-order valence-corrected chi connectivity index (χ1v) is 9.14. The van der Waals surface area contributed by atoms with E-state index >= 15 is 0 Å². The molecule has 142 valence electrons. The number of hydrogen-bond acceptors (Lipinski definition) is 4. The lowest BCUT2D eigenvalue weighted by atomic mass is 9.98. The third-order valence-electron chi connectivity index (χ3n) is 5.16. The van der Waals surface area contributed by atoms with Crippen LogP contribution in [0.4, 0.5) is 4.39 Å². The van der Waals surface area contributed by atoms with Crippen molar-refractivity contribution < 1.29 is 13.6 Å². The molecule has 2 aromatic heterocycles. The third-order valence-corrected chi connectivity index (χ3v) is 5.16. The van der Waals surface area contributed by atoms with Crippen molar-refractivity contribution in [2.24, 2.45) is 0 Å². The third kappa shape index (κ3) is 2.81. The van der Waals surface area contributed by atoms with E-state index in [9.17, 15) is 14.0 Å². The summed E-state index contributed by atoms with van der Waals surface area (Å²) in [6.45, 7) is 0.267. The largest absolute Gasteiger partial charge is 0.450 e. The van der Waals surface area contributed by atoms with Crippen LogP contribution in [0.2, 0.25) is 0 Å². The first kappa shape index (κ1) is 17.3. The number of para-hydroxylation sites is 1. The second-order valence-corrected chi connectivity index (χ2v) is 6.91. The first-order chi connectivity index (χ1) is 14.1. The van der Waals surface area contributed by atoms with Crippen LogP contribution in [-0.4, -0.2) is 15.8 Å². The Morgan fingerprint density at radius 1 is 0.966 bits per heavy atom. The predicted octanol–water partition coefficient (Wildman–Crippen LogP) is 4.07. The van der Waals surface area contributed by atoms with Gasteiger partial charge in [0.25, 0.3) is 5.91 Å². The van der Waals surface area contributed by atoms with Crippen molar-refractivity contribution in [3.8, 4) is 0 Å². The molecule has 0 N–H and O–H groups in total. The molecule has 1 aliphatic rings. The predicted molar refractivity (Wildman–Crippen MR) is 105 cm³/mol. The minimum atomic E-state index is -0.660. The number of benzene rings is 2. The minimum absolute atomic E-state index is 0.0390. The fourth-order valence-corrected chi connectivity index (χ4v) is 3.81. The molecule has 2 aromatic carbocycles. The van der Waals surface area contributed by atoms with Gasteiger partial charge in [-0.3, -0.25) is 14.6 Å². The lowest BCUT2D eigenvalue weighted by Crippen LogP contribution is -2.29. The Kier molecular flexibility index (Phi) is 3.98. The van der Waals surface area contributed by atoms with Crippen LogP contribution in [0.25, 0.3) is 11.0 Å². The Labute approximate surface area is 165 Å². The van der Waals surface area contributed by atoms with Gasteiger partial charge in [0.2, 0.25) is 5.76 Å². The van der Waals surface area contributed by atoms with Crippen LogP contribution in [0.3, 0.4) is 0 Å². The van der Waals surface area contributed by atoms with Crippen LogP contribution in [0, 0.1) is 5.82 Å². The molecule has 0 saturated heterocycles. The van der Waals surface area contributed by atoms with Crippen LogP contribution < -0.4 is 5.43 Å². The van der Waals surface area contributed by atoms with Gasteiger partial charge in [-0.25, -0.2) is 4.39 Å². The average Bonchev–Trinajstić information content (AvgIpc) is 3.02. The summed E-state index contributed by atoms with van der Waals surface area (Å²) in [5.41, 5.74) is 1.92. The second kappa shape index (κ2) is 6.67. The molecular weight excluding hydrogens is 371 g/mol. The van der Waals surface area contributed by atoms with Gasteiger partial charge in [0.15, 0.2) is 5.43 Å². The van der Waals surface area contributed by atoms with E-state index in [0.717, 1.165) is 5.56 Å². The Morgan fingerprint density at radius 3 is 2.45 bits per heavy atom. The lowest BCUT2D eigenvalue weighted by molar-refractivity contribution is 0.0714. The van der Waals surface area contributed by atoms with E-state index in [0.29, 0.717) is 16.5 Å². The van der Waals surface area contributed by atoms with Crippen LogP contribution in [-0.2, 0) is 6.54 Å². The zero-order valence-electron chi connectivity index (χ0n) is 15.2. The maximum atomic E-state index is 13.5. The highest BCUT2D eigenvalue weighted by Gasteiger charge is 2.42. The van der Waals surface area contributed by atoms with E-state index < -0.39 is 6.04 Å². The van der Waals surface area contributed by atoms with E-state index in [-0.39, 0.29) is 35.0 Å². The highest BCUT2D eigenvalue weighted by molar-refractivity contribution is 5.99. The van der Waals surface area contributed by atoms with Crippen molar-refractivity contribution in [2.75, 3.05) is 0 Å². The quantitative estimate of drug-likeness (QED) is 0.532. The second-order valence-electron chi connectivity index (χ2n) is 6.91. The molecule has 0 spiro atoms. The van der Waals surface area contributed by atoms with Gasteiger partial charge in [-0.15, -0.1) is 0 Å². The topological polar surface area (TPSA) is 63.4 Å². The molecule has 0 bridgehead atoms. The number of amides is 1. The molecule has 6 heteroatoms. The number of pyridine rings is 1. The molecular formula is C23H15FN2O3. The fraction of sp³-hybridized carbons (Fsp3) is 0.0870. The van der Waals surface area contributed by atoms with Crippen molar-refractivity contribution in [3.05, 3.63) is 112 Å². The monoisotopic (exact) mass is 386 g/mol. The summed E-state index contributed by atoms with van der Waals surface area (Å²) < 4.78 is 19.4. The molecule has 0 aliphatic carbocycles. The number of fused-ring (bicyclic) bond motifs is 2. The zero-order chi connectivity index (χ0) is 20.0. The molecule has 0 fully saturated rings. The summed E-state index contributed by atoms with van der Waals surface area (Å²) in [5, 5.41) is 0.414. The molecule has 0 saturated carbocycles. The Morgan fingerprint density at radius 2 is 1.69 bits per heavy atom. The van der Waals surface area contributed by atoms with E-state index in [4.69, 9.17) is 4.42 Å². The van der Waals surface area contributed by atoms with Crippen LogP contribution in [0.5, 0.6) is 0 Å². The summed E-state index contributed by atoms with van der Waals surface area (Å²) in [7, 11) is 0. The maximum Gasteiger partial charge on any atom is 0.291 e. The average molecular weight is 386 g/mol. The number of hydrogen-bond donors (Lipinski definition) is 0. The number of aromatic nitrogens is 1. The maximum absolute atomic E-state index is 13.5. The van der Waals surface area contributed by atoms with Crippen LogP contribution in [0.15, 0.2) is 82.3 Å². The summed E-state index contributed by atoms with van der Waals surface area (Å²) in [5.74, 6) is -0.712. The molecule has 1 atom stereocenters. The van der Waals surface area contributed by atoms with Crippen LogP contribution >= 0.6 is 0 Å². The Balaban J connectivity index is 1.73. The standard InChI is InChI=1S/C23H15FN2O3/c24-16-7-5-15(6-8-16)20-19-21(27)17-3-1-2-4-18(17)29-22(19)23(28)26(20)13-14-9-11-25-12-10-14/h1-12,20H,13H2/t20-/m0/s1. The SMILES string of the molecule is O=C1c2oc3ccccc3c(=O)c2[C@H](c2ccc(F)cc2)N1Cc1ccncc1. The molecule has 0 unspecified atom stereocenters. The zero-order valence-corrected chi connectivity index (χ0v) is 15.2. The lowest BCUT2D eigenvalue weighted by Gasteiger charge is -2.25. The van der Waals surface area contributed by atoms with Crippen molar-refractivity contribution in [2.45, 2.75) is 12.6 Å². The number of carbonyl (C=O) groups excluding carboxylic acids is 1. The number of halogens is 1. The molecule has 3 heterocycles. The minimum Gasteiger partial charge on any atom is -0.450 e. The number of rotatable bonds is 3. The fourth-order valence-electron chi connectivity index (χ4n) is 3.81. The summed E-state index contributed by atoms with van der Waals surface area (Å²) in [6, 6.07) is 15.7. The van der Waals surface area contributed by atoms with Crippen molar-refractivity contribution >= 4 is 16.9 Å². The van der Waals surface area contributed by atoms with Gasteiger partial charge < -0.3 is 9.32 Å². The van der Waals surface area contributed by atoms with Gasteiger partial charge in [0.1, 0.15) is 11.4 Å². The van der Waals surface area contributed by atoms with E-state index in [2.05, 4.69) is 4.98 Å². The van der Waals surface area contributed by atoms with Gasteiger partial charge in [0, 0.05) is 18.9 Å².